The molecule has 0 rings (SSSR count). The van der Waals surface area contributed by atoms with Crippen molar-refractivity contribution in [3.05, 3.63) is 0 Å². The summed E-state index contributed by atoms with van der Waals surface area (Å²) in [7, 11) is 1.62. The van der Waals surface area contributed by atoms with Crippen molar-refractivity contribution in [2.75, 3.05) is 20.1 Å². The molecule has 3 N–H and O–H groups in total. The lowest BCUT2D eigenvalue weighted by Crippen LogP contribution is -2.43. The van der Waals surface area contributed by atoms with Crippen molar-refractivity contribution >= 4 is 12.0 Å². The highest BCUT2D eigenvalue weighted by molar-refractivity contribution is 5.80. The highest BCUT2D eigenvalue weighted by Gasteiger charge is 2.19. The molecular formula is C11H23N3O3. The molecule has 0 aliphatic rings. The second-order valence-electron chi connectivity index (χ2n) is 4.98. The highest BCUT2D eigenvalue weighted by atomic mass is 16.6. The second kappa shape index (κ2) is 6.44. The number of carbonyl (C=O) groups excluding carboxylic acids is 2. The van der Waals surface area contributed by atoms with Gasteiger partial charge in [-0.15, -0.1) is 0 Å². The number of rotatable bonds is 4. The van der Waals surface area contributed by atoms with Crippen LogP contribution in [0.15, 0.2) is 0 Å². The van der Waals surface area contributed by atoms with Gasteiger partial charge in [0.2, 0.25) is 5.91 Å². The van der Waals surface area contributed by atoms with Crippen LogP contribution in [0.1, 0.15) is 27.7 Å². The van der Waals surface area contributed by atoms with Gasteiger partial charge in [-0.05, 0) is 27.7 Å². The zero-order chi connectivity index (χ0) is 13.6. The molecule has 0 radical (unpaired) electrons. The fourth-order valence-electron chi connectivity index (χ4n) is 0.939. The molecule has 1 unspecified atom stereocenters. The van der Waals surface area contributed by atoms with E-state index in [0.717, 1.165) is 0 Å². The molecule has 0 aliphatic heterocycles. The van der Waals surface area contributed by atoms with Gasteiger partial charge in [-0.1, -0.05) is 0 Å². The lowest BCUT2D eigenvalue weighted by molar-refractivity contribution is -0.122. The van der Waals surface area contributed by atoms with Crippen LogP contribution < -0.4 is 11.1 Å². The van der Waals surface area contributed by atoms with Gasteiger partial charge in [0.05, 0.1) is 6.04 Å². The molecule has 0 heterocycles. The summed E-state index contributed by atoms with van der Waals surface area (Å²) in [6, 6.07) is -0.540. The van der Waals surface area contributed by atoms with Crippen LogP contribution in [0.2, 0.25) is 0 Å². The van der Waals surface area contributed by atoms with Crippen molar-refractivity contribution in [3.63, 3.8) is 0 Å². The molecule has 0 saturated carbocycles. The number of hydrogen-bond acceptors (Lipinski definition) is 4. The Morgan fingerprint density at radius 2 is 1.94 bits per heavy atom. The Bertz CT molecular complexity index is 272. The van der Waals surface area contributed by atoms with Crippen LogP contribution in [0.5, 0.6) is 0 Å². The molecule has 6 nitrogen and oxygen atoms in total. The fraction of sp³-hybridized carbons (Fsp3) is 0.818. The molecule has 0 saturated heterocycles. The smallest absolute Gasteiger partial charge is 0.410 e. The van der Waals surface area contributed by atoms with Gasteiger partial charge in [0.1, 0.15) is 5.60 Å². The van der Waals surface area contributed by atoms with E-state index in [1.807, 2.05) is 0 Å². The summed E-state index contributed by atoms with van der Waals surface area (Å²) in [5.74, 6) is -0.234. The first-order chi connectivity index (χ1) is 7.63. The topological polar surface area (TPSA) is 84.7 Å². The first-order valence-corrected chi connectivity index (χ1v) is 5.61. The Morgan fingerprint density at radius 1 is 1.41 bits per heavy atom. The Morgan fingerprint density at radius 3 is 2.35 bits per heavy atom. The second-order valence-corrected chi connectivity index (χ2v) is 4.98. The standard InChI is InChI=1S/C11H23N3O3/c1-8(12)9(15)13-6-7-14(5)10(16)17-11(2,3)4/h8H,6-7,12H2,1-5H3,(H,13,15). The Hall–Kier alpha value is -1.30. The molecule has 6 heteroatoms. The van der Waals surface area contributed by atoms with Crippen molar-refractivity contribution in [3.8, 4) is 0 Å². The molecule has 0 aliphatic carbocycles. The molecule has 17 heavy (non-hydrogen) atoms. The molecule has 0 bridgehead atoms. The van der Waals surface area contributed by atoms with Crippen LogP contribution in [0, 0.1) is 0 Å². The van der Waals surface area contributed by atoms with Gasteiger partial charge >= 0.3 is 6.09 Å². The number of likely N-dealkylation sites (N-methyl/N-ethyl adjacent to an activating group) is 1. The molecule has 1 atom stereocenters. The normalized spacial score (nSPS) is 12.8. The summed E-state index contributed by atoms with van der Waals surface area (Å²) in [5.41, 5.74) is 4.87. The predicted molar refractivity (Wildman–Crippen MR) is 65.5 cm³/mol. The van der Waals surface area contributed by atoms with Crippen molar-refractivity contribution in [1.29, 1.82) is 0 Å². The molecule has 0 aromatic heterocycles. The van der Waals surface area contributed by atoms with Crippen LogP contribution in [0.3, 0.4) is 0 Å². The summed E-state index contributed by atoms with van der Waals surface area (Å²) in [6.45, 7) is 7.75. The number of nitrogens with two attached hydrogens (primary N) is 1. The fourth-order valence-corrected chi connectivity index (χ4v) is 0.939. The molecule has 2 amide bonds. The van der Waals surface area contributed by atoms with Gasteiger partial charge in [0.15, 0.2) is 0 Å². The third-order valence-corrected chi connectivity index (χ3v) is 1.87. The third kappa shape index (κ3) is 7.57. The van der Waals surface area contributed by atoms with E-state index in [9.17, 15) is 9.59 Å². The maximum Gasteiger partial charge on any atom is 0.410 e. The summed E-state index contributed by atoms with van der Waals surface area (Å²) >= 11 is 0. The van der Waals surface area contributed by atoms with E-state index in [1.165, 1.54) is 4.90 Å². The largest absolute Gasteiger partial charge is 0.444 e. The minimum Gasteiger partial charge on any atom is -0.444 e. The average Bonchev–Trinajstić information content (AvgIpc) is 2.14. The van der Waals surface area contributed by atoms with Crippen LogP contribution in [0.25, 0.3) is 0 Å². The monoisotopic (exact) mass is 245 g/mol. The molecular weight excluding hydrogens is 222 g/mol. The zero-order valence-corrected chi connectivity index (χ0v) is 11.2. The van der Waals surface area contributed by atoms with Crippen LogP contribution in [-0.4, -0.2) is 48.7 Å². The van der Waals surface area contributed by atoms with E-state index in [2.05, 4.69) is 5.32 Å². The number of nitrogens with one attached hydrogen (secondary N) is 1. The number of ether oxygens (including phenoxy) is 1. The maximum atomic E-state index is 11.5. The molecule has 0 aromatic carbocycles. The van der Waals surface area contributed by atoms with E-state index in [-0.39, 0.29) is 5.91 Å². The van der Waals surface area contributed by atoms with Crippen molar-refractivity contribution in [2.24, 2.45) is 5.73 Å². The minimum absolute atomic E-state index is 0.234. The average molecular weight is 245 g/mol. The summed E-state index contributed by atoms with van der Waals surface area (Å²) in [6.07, 6.45) is -0.410. The minimum atomic E-state index is -0.540. The Balaban J connectivity index is 3.91. The first kappa shape index (κ1) is 15.7. The van der Waals surface area contributed by atoms with E-state index >= 15 is 0 Å². The number of carbonyl (C=O) groups is 2. The van der Waals surface area contributed by atoms with E-state index in [4.69, 9.17) is 10.5 Å². The SMILES string of the molecule is CC(N)C(=O)NCCN(C)C(=O)OC(C)(C)C. The zero-order valence-electron chi connectivity index (χ0n) is 11.2. The van der Waals surface area contributed by atoms with Crippen molar-refractivity contribution in [2.45, 2.75) is 39.3 Å². The Kier molecular flexibility index (Phi) is 5.95. The quantitative estimate of drug-likeness (QED) is 0.747. The van der Waals surface area contributed by atoms with Crippen LogP contribution >= 0.6 is 0 Å². The predicted octanol–water partition coefficient (Wildman–Crippen LogP) is 0.317. The van der Waals surface area contributed by atoms with E-state index in [1.54, 1.807) is 34.7 Å². The van der Waals surface area contributed by atoms with E-state index < -0.39 is 17.7 Å². The number of hydrogen-bond donors (Lipinski definition) is 2. The number of nitrogens with zero attached hydrogens (tertiary/aromatic N) is 1. The van der Waals surface area contributed by atoms with Crippen LogP contribution in [-0.2, 0) is 9.53 Å². The van der Waals surface area contributed by atoms with Gasteiger partial charge in [0, 0.05) is 20.1 Å². The molecule has 0 fully saturated rings. The van der Waals surface area contributed by atoms with Gasteiger partial charge in [0.25, 0.3) is 0 Å². The molecule has 0 spiro atoms. The van der Waals surface area contributed by atoms with Gasteiger partial charge in [-0.2, -0.15) is 0 Å². The number of amides is 2. The molecule has 100 valence electrons. The van der Waals surface area contributed by atoms with E-state index in [0.29, 0.717) is 13.1 Å². The van der Waals surface area contributed by atoms with Gasteiger partial charge in [-0.25, -0.2) is 4.79 Å². The first-order valence-electron chi connectivity index (χ1n) is 5.61. The summed E-state index contributed by atoms with van der Waals surface area (Å²) < 4.78 is 5.15. The summed E-state index contributed by atoms with van der Waals surface area (Å²) in [5, 5.41) is 2.62. The lowest BCUT2D eigenvalue weighted by Gasteiger charge is -2.24. The lowest BCUT2D eigenvalue weighted by atomic mass is 10.2. The van der Waals surface area contributed by atoms with Gasteiger partial charge in [-0.3, -0.25) is 4.79 Å². The van der Waals surface area contributed by atoms with Crippen molar-refractivity contribution in [1.82, 2.24) is 10.2 Å². The maximum absolute atomic E-state index is 11.5. The van der Waals surface area contributed by atoms with Crippen molar-refractivity contribution < 1.29 is 14.3 Å². The highest BCUT2D eigenvalue weighted by Crippen LogP contribution is 2.08. The molecule has 0 aromatic rings. The van der Waals surface area contributed by atoms with Gasteiger partial charge < -0.3 is 20.7 Å². The Labute approximate surface area is 102 Å². The van der Waals surface area contributed by atoms with Crippen LogP contribution in [0.4, 0.5) is 4.79 Å². The summed E-state index contributed by atoms with van der Waals surface area (Å²) in [4.78, 5) is 24.1. The third-order valence-electron chi connectivity index (χ3n) is 1.87.